The topological polar surface area (TPSA) is 49.3 Å². The first-order chi connectivity index (χ1) is 12.8. The van der Waals surface area contributed by atoms with E-state index in [1.165, 1.54) is 0 Å². The number of nitrogens with zero attached hydrogens (tertiary/aromatic N) is 2. The summed E-state index contributed by atoms with van der Waals surface area (Å²) in [7, 11) is 0. The van der Waals surface area contributed by atoms with Crippen LogP contribution in [0.2, 0.25) is 0 Å². The van der Waals surface area contributed by atoms with Crippen LogP contribution in [0.1, 0.15) is 11.3 Å². The quantitative estimate of drug-likeness (QED) is 0.401. The van der Waals surface area contributed by atoms with Gasteiger partial charge in [0.15, 0.2) is 5.11 Å². The van der Waals surface area contributed by atoms with Crippen molar-refractivity contribution in [3.05, 3.63) is 102 Å². The first-order valence-corrected chi connectivity index (χ1v) is 8.56. The fraction of sp³-hybridized carbons (Fsp3) is 0. The zero-order chi connectivity index (χ0) is 18.0. The zero-order valence-corrected chi connectivity index (χ0v) is 14.9. The normalized spacial score (nSPS) is 11.3. The van der Waals surface area contributed by atoms with Crippen LogP contribution in [-0.2, 0) is 0 Å². The largest absolute Gasteiger partial charge is 0.331 e. The number of allylic oxidation sites excluding steroid dienone is 1. The molecular weight excluding hydrogens is 340 g/mol. The molecule has 2 N–H and O–H groups in total. The molecule has 0 radical (unpaired) electrons. The average molecular weight is 358 g/mol. The Bertz CT molecular complexity index is 891. The molecule has 0 fully saturated rings. The molecule has 2 aromatic carbocycles. The number of hydrogen-bond donors (Lipinski definition) is 2. The van der Waals surface area contributed by atoms with Crippen LogP contribution in [0, 0.1) is 0 Å². The highest BCUT2D eigenvalue weighted by Gasteiger charge is 2.02. The molecule has 3 aromatic rings. The molecule has 0 bridgehead atoms. The van der Waals surface area contributed by atoms with E-state index in [2.05, 4.69) is 20.8 Å². The van der Waals surface area contributed by atoms with Crippen molar-refractivity contribution in [3.63, 3.8) is 0 Å². The molecule has 0 aliphatic rings. The van der Waals surface area contributed by atoms with E-state index >= 15 is 0 Å². The third-order valence-corrected chi connectivity index (χ3v) is 3.66. The Morgan fingerprint density at radius 2 is 1.58 bits per heavy atom. The fourth-order valence-electron chi connectivity index (χ4n) is 2.23. The van der Waals surface area contributed by atoms with Crippen LogP contribution in [0.3, 0.4) is 0 Å². The van der Waals surface area contributed by atoms with Crippen LogP contribution in [0.25, 0.3) is 6.08 Å². The zero-order valence-electron chi connectivity index (χ0n) is 14.0. The van der Waals surface area contributed by atoms with Crippen molar-refractivity contribution in [1.29, 1.82) is 0 Å². The van der Waals surface area contributed by atoms with Gasteiger partial charge in [0.2, 0.25) is 0 Å². The maximum atomic E-state index is 5.31. The van der Waals surface area contributed by atoms with Crippen molar-refractivity contribution in [2.75, 3.05) is 5.32 Å². The van der Waals surface area contributed by atoms with Gasteiger partial charge in [-0.05, 0) is 48.1 Å². The van der Waals surface area contributed by atoms with Crippen molar-refractivity contribution >= 4 is 34.8 Å². The van der Waals surface area contributed by atoms with Gasteiger partial charge in [0.25, 0.3) is 0 Å². The van der Waals surface area contributed by atoms with Crippen LogP contribution in [0.4, 0.5) is 5.69 Å². The summed E-state index contributed by atoms with van der Waals surface area (Å²) in [6, 6.07) is 25.4. The van der Waals surface area contributed by atoms with Crippen LogP contribution in [0.15, 0.2) is 96.2 Å². The van der Waals surface area contributed by atoms with Gasteiger partial charge in [0, 0.05) is 11.9 Å². The number of aromatic nitrogens is 1. The molecule has 0 atom stereocenters. The summed E-state index contributed by atoms with van der Waals surface area (Å²) in [6.45, 7) is 0. The number of para-hydroxylation sites is 1. The molecule has 0 aliphatic carbocycles. The molecule has 0 saturated carbocycles. The Kier molecular flexibility index (Phi) is 6.23. The molecule has 5 heteroatoms. The van der Waals surface area contributed by atoms with E-state index in [0.717, 1.165) is 16.9 Å². The second-order valence-corrected chi connectivity index (χ2v) is 5.80. The first-order valence-electron chi connectivity index (χ1n) is 8.15. The number of hydrogen-bond acceptors (Lipinski definition) is 3. The summed E-state index contributed by atoms with van der Waals surface area (Å²) in [5.41, 5.74) is 6.32. The van der Waals surface area contributed by atoms with Crippen molar-refractivity contribution < 1.29 is 0 Å². The highest BCUT2D eigenvalue weighted by molar-refractivity contribution is 7.80. The monoisotopic (exact) mass is 358 g/mol. The Labute approximate surface area is 158 Å². The van der Waals surface area contributed by atoms with Gasteiger partial charge in [-0.2, -0.15) is 5.10 Å². The third-order valence-electron chi connectivity index (χ3n) is 3.47. The molecule has 1 aromatic heterocycles. The molecule has 3 rings (SSSR count). The lowest BCUT2D eigenvalue weighted by atomic mass is 10.1. The number of pyridine rings is 1. The van der Waals surface area contributed by atoms with Gasteiger partial charge in [-0.1, -0.05) is 60.7 Å². The number of nitrogens with one attached hydrogen (secondary N) is 2. The molecule has 4 nitrogen and oxygen atoms in total. The SMILES string of the molecule is S=C(NN=C(C=Cc1ccccc1)c1ccccn1)Nc1ccccc1. The fourth-order valence-corrected chi connectivity index (χ4v) is 2.39. The molecule has 0 unspecified atom stereocenters. The van der Waals surface area contributed by atoms with Gasteiger partial charge in [0.05, 0.1) is 5.69 Å². The maximum absolute atomic E-state index is 5.31. The lowest BCUT2D eigenvalue weighted by Gasteiger charge is -2.08. The van der Waals surface area contributed by atoms with Gasteiger partial charge in [-0.3, -0.25) is 10.4 Å². The maximum Gasteiger partial charge on any atom is 0.191 e. The van der Waals surface area contributed by atoms with Crippen LogP contribution < -0.4 is 10.7 Å². The molecule has 26 heavy (non-hydrogen) atoms. The summed E-state index contributed by atoms with van der Waals surface area (Å²) in [5.74, 6) is 0. The summed E-state index contributed by atoms with van der Waals surface area (Å²) < 4.78 is 0. The Balaban J connectivity index is 1.75. The van der Waals surface area contributed by atoms with Crippen molar-refractivity contribution in [1.82, 2.24) is 10.4 Å². The number of hydrazone groups is 1. The lowest BCUT2D eigenvalue weighted by Crippen LogP contribution is -2.25. The van der Waals surface area contributed by atoms with E-state index in [1.54, 1.807) is 6.20 Å². The molecule has 128 valence electrons. The second kappa shape index (κ2) is 9.25. The van der Waals surface area contributed by atoms with E-state index in [0.29, 0.717) is 10.8 Å². The second-order valence-electron chi connectivity index (χ2n) is 5.39. The summed E-state index contributed by atoms with van der Waals surface area (Å²) in [6.07, 6.45) is 5.64. The predicted octanol–water partition coefficient (Wildman–Crippen LogP) is 4.49. The van der Waals surface area contributed by atoms with Crippen LogP contribution >= 0.6 is 12.2 Å². The predicted molar refractivity (Wildman–Crippen MR) is 112 cm³/mol. The average Bonchev–Trinajstić information content (AvgIpc) is 2.70. The van der Waals surface area contributed by atoms with E-state index in [9.17, 15) is 0 Å². The Morgan fingerprint density at radius 1 is 0.885 bits per heavy atom. The smallest absolute Gasteiger partial charge is 0.191 e. The molecule has 0 spiro atoms. The van der Waals surface area contributed by atoms with Gasteiger partial charge in [-0.15, -0.1) is 0 Å². The molecule has 1 heterocycles. The van der Waals surface area contributed by atoms with Crippen LogP contribution in [0.5, 0.6) is 0 Å². The van der Waals surface area contributed by atoms with Gasteiger partial charge in [0.1, 0.15) is 5.71 Å². The summed E-state index contributed by atoms with van der Waals surface area (Å²) in [5, 5.41) is 7.92. The molecular formula is C21H18N4S. The van der Waals surface area contributed by atoms with Crippen molar-refractivity contribution in [3.8, 4) is 0 Å². The third kappa shape index (κ3) is 5.36. The standard InChI is InChI=1S/C21H18N4S/c26-21(23-18-11-5-2-6-12-18)25-24-20(19-13-7-8-16-22-19)15-14-17-9-3-1-4-10-17/h1-16H,(H2,23,25,26). The van der Waals surface area contributed by atoms with E-state index in [4.69, 9.17) is 12.2 Å². The summed E-state index contributed by atoms with van der Waals surface area (Å²) in [4.78, 5) is 4.37. The number of thiocarbonyl (C=S) groups is 1. The van der Waals surface area contributed by atoms with E-state index < -0.39 is 0 Å². The number of rotatable bonds is 5. The highest BCUT2D eigenvalue weighted by atomic mass is 32.1. The first kappa shape index (κ1) is 17.5. The number of benzene rings is 2. The lowest BCUT2D eigenvalue weighted by molar-refractivity contribution is 1.04. The van der Waals surface area contributed by atoms with Gasteiger partial charge >= 0.3 is 0 Å². The minimum absolute atomic E-state index is 0.415. The van der Waals surface area contributed by atoms with E-state index in [-0.39, 0.29) is 0 Å². The Morgan fingerprint density at radius 3 is 2.27 bits per heavy atom. The Hall–Kier alpha value is -3.31. The summed E-state index contributed by atoms with van der Waals surface area (Å²) >= 11 is 5.31. The number of anilines is 1. The minimum atomic E-state index is 0.415. The molecule has 0 saturated heterocycles. The van der Waals surface area contributed by atoms with E-state index in [1.807, 2.05) is 91.0 Å². The van der Waals surface area contributed by atoms with Crippen molar-refractivity contribution in [2.24, 2.45) is 5.10 Å². The van der Waals surface area contributed by atoms with Crippen LogP contribution in [-0.4, -0.2) is 15.8 Å². The molecule has 0 aliphatic heterocycles. The van der Waals surface area contributed by atoms with Crippen molar-refractivity contribution in [2.45, 2.75) is 0 Å². The van der Waals surface area contributed by atoms with Gasteiger partial charge < -0.3 is 5.32 Å². The molecule has 0 amide bonds. The minimum Gasteiger partial charge on any atom is -0.331 e. The van der Waals surface area contributed by atoms with Gasteiger partial charge in [-0.25, -0.2) is 0 Å². The highest BCUT2D eigenvalue weighted by Crippen LogP contribution is 2.06.